The van der Waals surface area contributed by atoms with Crippen molar-refractivity contribution in [2.45, 2.75) is 38.3 Å². The van der Waals surface area contributed by atoms with E-state index in [-0.39, 0.29) is 37.0 Å². The Morgan fingerprint density at radius 3 is 2.66 bits per heavy atom. The van der Waals surface area contributed by atoms with Crippen molar-refractivity contribution in [2.24, 2.45) is 5.92 Å². The highest BCUT2D eigenvalue weighted by molar-refractivity contribution is 5.88. The summed E-state index contributed by atoms with van der Waals surface area (Å²) >= 11 is 0. The molecule has 4 aliphatic rings. The Hall–Kier alpha value is -2.77. The van der Waals surface area contributed by atoms with E-state index in [1.54, 1.807) is 9.80 Å². The average molecular weight is 399 g/mol. The van der Waals surface area contributed by atoms with E-state index in [2.05, 4.69) is 0 Å². The first-order chi connectivity index (χ1) is 14.1. The SMILES string of the molecule is O=C1CN(C(=O)[C@H]2CCC(=O)N(C3CC3)C2)CCN1Cc1ccc2c(c1)OCO2. The molecular formula is C21H25N3O5. The van der Waals surface area contributed by atoms with Gasteiger partial charge in [-0.1, -0.05) is 6.07 Å². The second kappa shape index (κ2) is 7.24. The lowest BCUT2D eigenvalue weighted by atomic mass is 9.95. The highest BCUT2D eigenvalue weighted by Crippen LogP contribution is 2.34. The van der Waals surface area contributed by atoms with Crippen molar-refractivity contribution in [3.05, 3.63) is 23.8 Å². The van der Waals surface area contributed by atoms with Crippen molar-refractivity contribution in [1.29, 1.82) is 0 Å². The molecule has 0 unspecified atom stereocenters. The number of amides is 3. The van der Waals surface area contributed by atoms with Crippen molar-refractivity contribution < 1.29 is 23.9 Å². The van der Waals surface area contributed by atoms with Crippen LogP contribution in [0.3, 0.4) is 0 Å². The molecule has 3 fully saturated rings. The van der Waals surface area contributed by atoms with Gasteiger partial charge in [0.25, 0.3) is 0 Å². The topological polar surface area (TPSA) is 79.4 Å². The van der Waals surface area contributed by atoms with Gasteiger partial charge < -0.3 is 24.2 Å². The first kappa shape index (κ1) is 18.3. The highest BCUT2D eigenvalue weighted by Gasteiger charge is 2.40. The summed E-state index contributed by atoms with van der Waals surface area (Å²) in [5, 5.41) is 0. The quantitative estimate of drug-likeness (QED) is 0.754. The van der Waals surface area contributed by atoms with Gasteiger partial charge in [0.15, 0.2) is 11.5 Å². The minimum atomic E-state index is -0.179. The summed E-state index contributed by atoms with van der Waals surface area (Å²) in [6.07, 6.45) is 3.12. The van der Waals surface area contributed by atoms with Crippen molar-refractivity contribution in [3.63, 3.8) is 0 Å². The number of piperidine rings is 1. The second-order valence-electron chi connectivity index (χ2n) is 8.28. The summed E-state index contributed by atoms with van der Waals surface area (Å²) in [6.45, 7) is 2.37. The first-order valence-electron chi connectivity index (χ1n) is 10.3. The molecular weight excluding hydrogens is 374 g/mol. The van der Waals surface area contributed by atoms with E-state index in [4.69, 9.17) is 9.47 Å². The molecule has 154 valence electrons. The van der Waals surface area contributed by atoms with Gasteiger partial charge in [0.1, 0.15) is 0 Å². The molecule has 0 aromatic heterocycles. The van der Waals surface area contributed by atoms with Gasteiger partial charge in [0.2, 0.25) is 24.5 Å². The van der Waals surface area contributed by atoms with E-state index in [1.165, 1.54) is 0 Å². The summed E-state index contributed by atoms with van der Waals surface area (Å²) in [7, 11) is 0. The van der Waals surface area contributed by atoms with Crippen LogP contribution in [-0.4, -0.2) is 71.4 Å². The monoisotopic (exact) mass is 399 g/mol. The van der Waals surface area contributed by atoms with Crippen LogP contribution in [0.15, 0.2) is 18.2 Å². The molecule has 3 aliphatic heterocycles. The molecule has 1 atom stereocenters. The zero-order chi connectivity index (χ0) is 20.0. The van der Waals surface area contributed by atoms with E-state index in [9.17, 15) is 14.4 Å². The fraction of sp³-hybridized carbons (Fsp3) is 0.571. The van der Waals surface area contributed by atoms with Gasteiger partial charge in [-0.2, -0.15) is 0 Å². The van der Waals surface area contributed by atoms with Crippen molar-refractivity contribution in [2.75, 3.05) is 33.0 Å². The van der Waals surface area contributed by atoms with Crippen molar-refractivity contribution in [3.8, 4) is 11.5 Å². The molecule has 29 heavy (non-hydrogen) atoms. The number of piperazine rings is 1. The van der Waals surface area contributed by atoms with E-state index in [1.807, 2.05) is 23.1 Å². The number of likely N-dealkylation sites (tertiary alicyclic amines) is 1. The van der Waals surface area contributed by atoms with E-state index in [0.717, 1.165) is 24.2 Å². The number of carbonyl (C=O) groups is 3. The predicted molar refractivity (Wildman–Crippen MR) is 102 cm³/mol. The van der Waals surface area contributed by atoms with Crippen LogP contribution < -0.4 is 9.47 Å². The molecule has 3 amide bonds. The fourth-order valence-electron chi connectivity index (χ4n) is 4.39. The molecule has 3 heterocycles. The highest BCUT2D eigenvalue weighted by atomic mass is 16.7. The largest absolute Gasteiger partial charge is 0.454 e. The molecule has 0 N–H and O–H groups in total. The summed E-state index contributed by atoms with van der Waals surface area (Å²) in [5.41, 5.74) is 0.980. The zero-order valence-corrected chi connectivity index (χ0v) is 16.3. The number of rotatable bonds is 4. The van der Waals surface area contributed by atoms with Crippen LogP contribution in [-0.2, 0) is 20.9 Å². The zero-order valence-electron chi connectivity index (χ0n) is 16.3. The van der Waals surface area contributed by atoms with Crippen LogP contribution in [0.5, 0.6) is 11.5 Å². The lowest BCUT2D eigenvalue weighted by Crippen LogP contribution is -2.55. The number of carbonyl (C=O) groups excluding carboxylic acids is 3. The van der Waals surface area contributed by atoms with Gasteiger partial charge >= 0.3 is 0 Å². The Kier molecular flexibility index (Phi) is 4.56. The fourth-order valence-corrected chi connectivity index (χ4v) is 4.39. The minimum absolute atomic E-state index is 0.0132. The molecule has 8 nitrogen and oxygen atoms in total. The predicted octanol–water partition coefficient (Wildman–Crippen LogP) is 0.987. The van der Waals surface area contributed by atoms with Crippen LogP contribution in [0.25, 0.3) is 0 Å². The molecule has 1 aromatic rings. The van der Waals surface area contributed by atoms with Gasteiger partial charge in [0.05, 0.1) is 12.5 Å². The first-order valence-corrected chi connectivity index (χ1v) is 10.3. The Bertz CT molecular complexity index is 853. The molecule has 0 radical (unpaired) electrons. The normalized spacial score (nSPS) is 24.3. The standard InChI is InChI=1S/C21H25N3O5/c25-19-6-2-15(11-24(19)16-3-4-16)21(27)23-8-7-22(20(26)12-23)10-14-1-5-17-18(9-14)29-13-28-17/h1,5,9,15-16H,2-4,6-8,10-13H2/t15-/m0/s1. The second-order valence-corrected chi connectivity index (χ2v) is 8.28. The maximum atomic E-state index is 13.0. The summed E-state index contributed by atoms with van der Waals surface area (Å²) in [5.74, 6) is 1.38. The lowest BCUT2D eigenvalue weighted by molar-refractivity contribution is -0.151. The van der Waals surface area contributed by atoms with Crippen LogP contribution >= 0.6 is 0 Å². The third kappa shape index (κ3) is 3.63. The molecule has 5 rings (SSSR count). The molecule has 1 saturated carbocycles. The smallest absolute Gasteiger partial charge is 0.242 e. The summed E-state index contributed by atoms with van der Waals surface area (Å²) in [6, 6.07) is 6.03. The Morgan fingerprint density at radius 1 is 1.03 bits per heavy atom. The van der Waals surface area contributed by atoms with Gasteiger partial charge in [-0.25, -0.2) is 0 Å². The minimum Gasteiger partial charge on any atom is -0.454 e. The van der Waals surface area contributed by atoms with Crippen LogP contribution in [0.1, 0.15) is 31.2 Å². The van der Waals surface area contributed by atoms with Gasteiger partial charge in [-0.05, 0) is 37.0 Å². The number of ether oxygens (including phenoxy) is 2. The lowest BCUT2D eigenvalue weighted by Gasteiger charge is -2.38. The molecule has 0 bridgehead atoms. The van der Waals surface area contributed by atoms with E-state index >= 15 is 0 Å². The van der Waals surface area contributed by atoms with Gasteiger partial charge in [-0.3, -0.25) is 14.4 Å². The third-order valence-electron chi connectivity index (χ3n) is 6.22. The number of fused-ring (bicyclic) bond motifs is 1. The molecule has 0 spiro atoms. The summed E-state index contributed by atoms with van der Waals surface area (Å²) in [4.78, 5) is 43.1. The van der Waals surface area contributed by atoms with E-state index in [0.29, 0.717) is 50.8 Å². The number of hydrogen-bond donors (Lipinski definition) is 0. The Labute approximate surface area is 169 Å². The number of benzene rings is 1. The van der Waals surface area contributed by atoms with E-state index < -0.39 is 0 Å². The van der Waals surface area contributed by atoms with Crippen LogP contribution in [0, 0.1) is 5.92 Å². The summed E-state index contributed by atoms with van der Waals surface area (Å²) < 4.78 is 10.7. The Balaban J connectivity index is 1.18. The molecule has 1 aliphatic carbocycles. The molecule has 8 heteroatoms. The molecule has 1 aromatic carbocycles. The number of nitrogens with zero attached hydrogens (tertiary/aromatic N) is 3. The van der Waals surface area contributed by atoms with Gasteiger partial charge in [0, 0.05) is 38.6 Å². The van der Waals surface area contributed by atoms with Gasteiger partial charge in [-0.15, -0.1) is 0 Å². The van der Waals surface area contributed by atoms with Crippen molar-refractivity contribution in [1.82, 2.24) is 14.7 Å². The van der Waals surface area contributed by atoms with Crippen LogP contribution in [0.4, 0.5) is 0 Å². The van der Waals surface area contributed by atoms with Crippen molar-refractivity contribution >= 4 is 17.7 Å². The molecule has 2 saturated heterocycles. The van der Waals surface area contributed by atoms with Crippen LogP contribution in [0.2, 0.25) is 0 Å². The maximum Gasteiger partial charge on any atom is 0.242 e. The third-order valence-corrected chi connectivity index (χ3v) is 6.22. The average Bonchev–Trinajstić information content (AvgIpc) is 3.46. The number of hydrogen-bond acceptors (Lipinski definition) is 5. The Morgan fingerprint density at radius 2 is 1.86 bits per heavy atom. The maximum absolute atomic E-state index is 13.0.